The number of ether oxygens (including phenoxy) is 2. The molecule has 138 valence electrons. The van der Waals surface area contributed by atoms with E-state index in [2.05, 4.69) is 10.1 Å². The van der Waals surface area contributed by atoms with Crippen LogP contribution in [-0.2, 0) is 13.1 Å². The molecule has 4 rings (SSSR count). The Balaban J connectivity index is 1.66. The summed E-state index contributed by atoms with van der Waals surface area (Å²) in [6.07, 6.45) is 3.62. The molecule has 0 spiro atoms. The van der Waals surface area contributed by atoms with E-state index < -0.39 is 0 Å². The normalized spacial score (nSPS) is 13.0. The fraction of sp³-hybridized carbons (Fsp3) is 0.250. The van der Waals surface area contributed by atoms with Crippen LogP contribution < -0.4 is 14.4 Å². The van der Waals surface area contributed by atoms with Crippen LogP contribution in [0.5, 0.6) is 11.6 Å². The van der Waals surface area contributed by atoms with Crippen molar-refractivity contribution in [2.24, 2.45) is 0 Å². The van der Waals surface area contributed by atoms with Crippen molar-refractivity contribution < 1.29 is 14.3 Å². The number of aryl methyl sites for hydroxylation is 1. The summed E-state index contributed by atoms with van der Waals surface area (Å²) in [6.45, 7) is 3.29. The number of benzene rings is 1. The van der Waals surface area contributed by atoms with Crippen LogP contribution in [0.4, 0.5) is 5.82 Å². The Bertz CT molecular complexity index is 1010. The van der Waals surface area contributed by atoms with Crippen LogP contribution >= 0.6 is 0 Å². The minimum atomic E-state index is -0.0247. The van der Waals surface area contributed by atoms with Crippen molar-refractivity contribution >= 4 is 11.7 Å². The Morgan fingerprint density at radius 1 is 1.11 bits per heavy atom. The predicted molar refractivity (Wildman–Crippen MR) is 101 cm³/mol. The summed E-state index contributed by atoms with van der Waals surface area (Å²) in [7, 11) is 3.14. The molecule has 27 heavy (non-hydrogen) atoms. The Morgan fingerprint density at radius 2 is 1.96 bits per heavy atom. The van der Waals surface area contributed by atoms with Crippen molar-refractivity contribution in [1.29, 1.82) is 0 Å². The molecule has 0 atom stereocenters. The Labute approximate surface area is 157 Å². The third-order valence-corrected chi connectivity index (χ3v) is 4.70. The van der Waals surface area contributed by atoms with Gasteiger partial charge in [-0.15, -0.1) is 0 Å². The molecular formula is C20H20N4O3. The highest BCUT2D eigenvalue weighted by Crippen LogP contribution is 2.33. The van der Waals surface area contributed by atoms with E-state index in [4.69, 9.17) is 9.47 Å². The molecule has 0 radical (unpaired) electrons. The van der Waals surface area contributed by atoms with Gasteiger partial charge in [-0.3, -0.25) is 14.4 Å². The summed E-state index contributed by atoms with van der Waals surface area (Å²) in [5.41, 5.74) is 3.55. The Morgan fingerprint density at radius 3 is 2.67 bits per heavy atom. The van der Waals surface area contributed by atoms with Crippen molar-refractivity contribution in [3.8, 4) is 22.8 Å². The molecule has 7 nitrogen and oxygen atoms in total. The monoisotopic (exact) mass is 364 g/mol. The first-order chi connectivity index (χ1) is 13.1. The van der Waals surface area contributed by atoms with Gasteiger partial charge in [-0.05, 0) is 36.2 Å². The number of fused-ring (bicyclic) bond motifs is 1. The van der Waals surface area contributed by atoms with Gasteiger partial charge in [0, 0.05) is 36.1 Å². The zero-order valence-electron chi connectivity index (χ0n) is 15.5. The first-order valence-corrected chi connectivity index (χ1v) is 8.71. The predicted octanol–water partition coefficient (Wildman–Crippen LogP) is 3.14. The number of amides is 1. The summed E-state index contributed by atoms with van der Waals surface area (Å²) < 4.78 is 12.3. The lowest BCUT2D eigenvalue weighted by atomic mass is 10.0. The third-order valence-electron chi connectivity index (χ3n) is 4.70. The van der Waals surface area contributed by atoms with Gasteiger partial charge in [-0.2, -0.15) is 5.10 Å². The van der Waals surface area contributed by atoms with Gasteiger partial charge in [0.1, 0.15) is 0 Å². The lowest BCUT2D eigenvalue weighted by molar-refractivity contribution is 0.0996. The fourth-order valence-corrected chi connectivity index (χ4v) is 3.25. The van der Waals surface area contributed by atoms with Crippen LogP contribution in [0.15, 0.2) is 42.7 Å². The average Bonchev–Trinajstić information content (AvgIpc) is 3.31. The maximum absolute atomic E-state index is 12.8. The van der Waals surface area contributed by atoms with Gasteiger partial charge < -0.3 is 9.47 Å². The number of hydrogen-bond donors (Lipinski definition) is 0. The third kappa shape index (κ3) is 2.91. The molecule has 0 N–H and O–H groups in total. The molecule has 7 heteroatoms. The molecule has 1 amide bonds. The van der Waals surface area contributed by atoms with Crippen LogP contribution in [0, 0.1) is 0 Å². The van der Waals surface area contributed by atoms with Crippen molar-refractivity contribution in [3.63, 3.8) is 0 Å². The standard InChI is InChI=1S/C20H20N4O3/c1-4-23-8-7-18(22-23)24-12-15-9-13(5-6-16(15)20(24)25)14-10-17(26-2)19(27-3)21-11-14/h5-11H,4,12H2,1-3H3. The molecule has 3 heterocycles. The van der Waals surface area contributed by atoms with Crippen molar-refractivity contribution in [3.05, 3.63) is 53.9 Å². The van der Waals surface area contributed by atoms with Gasteiger partial charge in [-0.1, -0.05) is 6.07 Å². The summed E-state index contributed by atoms with van der Waals surface area (Å²) in [6, 6.07) is 9.55. The van der Waals surface area contributed by atoms with Crippen LogP contribution in [0.1, 0.15) is 22.8 Å². The average molecular weight is 364 g/mol. The van der Waals surface area contributed by atoms with E-state index in [0.29, 0.717) is 29.6 Å². The molecule has 0 saturated heterocycles. The molecule has 1 aliphatic rings. The van der Waals surface area contributed by atoms with E-state index in [-0.39, 0.29) is 5.91 Å². The Hall–Kier alpha value is -3.35. The lowest BCUT2D eigenvalue weighted by Crippen LogP contribution is -2.23. The van der Waals surface area contributed by atoms with Crippen molar-refractivity contribution in [2.45, 2.75) is 20.0 Å². The molecule has 1 aromatic carbocycles. The van der Waals surface area contributed by atoms with Crippen molar-refractivity contribution in [2.75, 3.05) is 19.1 Å². The minimum absolute atomic E-state index is 0.0247. The van der Waals surface area contributed by atoms with E-state index in [1.807, 2.05) is 48.1 Å². The SMILES string of the molecule is CCn1ccc(N2Cc3cc(-c4cnc(OC)c(OC)c4)ccc3C2=O)n1. The number of carbonyl (C=O) groups is 1. The van der Waals surface area contributed by atoms with Gasteiger partial charge >= 0.3 is 0 Å². The molecule has 0 saturated carbocycles. The zero-order chi connectivity index (χ0) is 19.0. The molecular weight excluding hydrogens is 344 g/mol. The first-order valence-electron chi connectivity index (χ1n) is 8.71. The number of aromatic nitrogens is 3. The Kier molecular flexibility index (Phi) is 4.27. The number of hydrogen-bond acceptors (Lipinski definition) is 5. The summed E-state index contributed by atoms with van der Waals surface area (Å²) in [4.78, 5) is 18.7. The van der Waals surface area contributed by atoms with Crippen LogP contribution in [-0.4, -0.2) is 34.9 Å². The van der Waals surface area contributed by atoms with E-state index in [1.54, 1.807) is 25.3 Å². The quantitative estimate of drug-likeness (QED) is 0.696. The fourth-order valence-electron chi connectivity index (χ4n) is 3.25. The summed E-state index contributed by atoms with van der Waals surface area (Å²) in [5, 5.41) is 4.45. The van der Waals surface area contributed by atoms with Gasteiger partial charge in [0.2, 0.25) is 0 Å². The number of carbonyl (C=O) groups excluding carboxylic acids is 1. The molecule has 2 aromatic heterocycles. The molecule has 1 aliphatic heterocycles. The van der Waals surface area contributed by atoms with Crippen LogP contribution in [0.3, 0.4) is 0 Å². The molecule has 0 bridgehead atoms. The number of rotatable bonds is 5. The maximum Gasteiger partial charge on any atom is 0.260 e. The van der Waals surface area contributed by atoms with Gasteiger partial charge in [0.15, 0.2) is 11.6 Å². The molecule has 0 unspecified atom stereocenters. The topological polar surface area (TPSA) is 69.5 Å². The second kappa shape index (κ2) is 6.75. The zero-order valence-corrected chi connectivity index (χ0v) is 15.5. The molecule has 0 aliphatic carbocycles. The maximum atomic E-state index is 12.8. The number of anilines is 1. The second-order valence-electron chi connectivity index (χ2n) is 6.23. The van der Waals surface area contributed by atoms with E-state index in [1.165, 1.54) is 0 Å². The highest BCUT2D eigenvalue weighted by Gasteiger charge is 2.30. The first kappa shape index (κ1) is 17.1. The highest BCUT2D eigenvalue weighted by atomic mass is 16.5. The number of nitrogens with zero attached hydrogens (tertiary/aromatic N) is 4. The number of methoxy groups -OCH3 is 2. The largest absolute Gasteiger partial charge is 0.491 e. The van der Waals surface area contributed by atoms with Gasteiger partial charge in [0.05, 0.1) is 20.8 Å². The smallest absolute Gasteiger partial charge is 0.260 e. The van der Waals surface area contributed by atoms with Crippen LogP contribution in [0.2, 0.25) is 0 Å². The van der Waals surface area contributed by atoms with E-state index in [0.717, 1.165) is 23.2 Å². The molecule has 0 fully saturated rings. The highest BCUT2D eigenvalue weighted by molar-refractivity contribution is 6.09. The lowest BCUT2D eigenvalue weighted by Gasteiger charge is -2.11. The van der Waals surface area contributed by atoms with E-state index in [9.17, 15) is 4.79 Å². The second-order valence-corrected chi connectivity index (χ2v) is 6.23. The molecule has 3 aromatic rings. The van der Waals surface area contributed by atoms with Crippen LogP contribution in [0.25, 0.3) is 11.1 Å². The summed E-state index contributed by atoms with van der Waals surface area (Å²) in [5.74, 6) is 1.66. The van der Waals surface area contributed by atoms with Crippen molar-refractivity contribution in [1.82, 2.24) is 14.8 Å². The van der Waals surface area contributed by atoms with Gasteiger partial charge in [0.25, 0.3) is 11.8 Å². The van der Waals surface area contributed by atoms with Gasteiger partial charge in [-0.25, -0.2) is 4.98 Å². The minimum Gasteiger partial charge on any atom is -0.491 e. The summed E-state index contributed by atoms with van der Waals surface area (Å²) >= 11 is 0. The number of pyridine rings is 1. The van der Waals surface area contributed by atoms with E-state index >= 15 is 0 Å².